The number of carbonyl (C=O) groups is 1. The lowest BCUT2D eigenvalue weighted by Crippen LogP contribution is -2.18. The van der Waals surface area contributed by atoms with Gasteiger partial charge in [0.1, 0.15) is 4.99 Å². The van der Waals surface area contributed by atoms with Crippen LogP contribution in [0.5, 0.6) is 0 Å². The normalized spacial score (nSPS) is 10.2. The highest BCUT2D eigenvalue weighted by Gasteiger charge is 2.10. The van der Waals surface area contributed by atoms with Crippen molar-refractivity contribution in [2.45, 2.75) is 0 Å². The van der Waals surface area contributed by atoms with Gasteiger partial charge in [-0.2, -0.15) is 5.10 Å². The number of hydrogen-bond donors (Lipinski definition) is 2. The van der Waals surface area contributed by atoms with Gasteiger partial charge < -0.3 is 11.1 Å². The van der Waals surface area contributed by atoms with Gasteiger partial charge in [0.05, 0.1) is 10.7 Å². The fourth-order valence-corrected chi connectivity index (χ4v) is 1.95. The zero-order valence-electron chi connectivity index (χ0n) is 10.1. The van der Waals surface area contributed by atoms with Crippen molar-refractivity contribution in [3.05, 3.63) is 46.7 Å². The first-order valence-electron chi connectivity index (χ1n) is 5.40. The fourth-order valence-electron chi connectivity index (χ4n) is 1.55. The van der Waals surface area contributed by atoms with E-state index < -0.39 is 0 Å². The molecule has 1 heterocycles. The quantitative estimate of drug-likeness (QED) is 0.842. The van der Waals surface area contributed by atoms with Gasteiger partial charge in [0.15, 0.2) is 5.69 Å². The minimum absolute atomic E-state index is 0.255. The number of nitrogens with two attached hydrogens (primary N) is 1. The van der Waals surface area contributed by atoms with Gasteiger partial charge in [-0.25, -0.2) is 4.68 Å². The molecule has 3 N–H and O–H groups in total. The Morgan fingerprint density at radius 3 is 2.79 bits per heavy atom. The second-order valence-electron chi connectivity index (χ2n) is 3.76. The molecule has 0 aliphatic rings. The summed E-state index contributed by atoms with van der Waals surface area (Å²) in [4.78, 5) is 11.7. The molecule has 0 atom stereocenters. The average molecular weight is 295 g/mol. The Labute approximate surface area is 120 Å². The number of thiocarbonyl (C=S) groups is 1. The Bertz CT molecular complexity index is 653. The Kier molecular flexibility index (Phi) is 3.82. The summed E-state index contributed by atoms with van der Waals surface area (Å²) in [5, 5.41) is 7.10. The summed E-state index contributed by atoms with van der Waals surface area (Å²) in [7, 11) is 1.55. The van der Waals surface area contributed by atoms with Gasteiger partial charge in [-0.1, -0.05) is 23.8 Å². The van der Waals surface area contributed by atoms with Gasteiger partial charge in [-0.3, -0.25) is 4.79 Å². The lowest BCUT2D eigenvalue weighted by atomic mass is 10.2. The Morgan fingerprint density at radius 1 is 1.47 bits per heavy atom. The summed E-state index contributed by atoms with van der Waals surface area (Å²) in [6.45, 7) is 0. The highest BCUT2D eigenvalue weighted by molar-refractivity contribution is 7.80. The molecule has 19 heavy (non-hydrogen) atoms. The van der Waals surface area contributed by atoms with E-state index in [-0.39, 0.29) is 10.9 Å². The average Bonchev–Trinajstić information content (AvgIpc) is 2.87. The van der Waals surface area contributed by atoms with Crippen LogP contribution in [0.2, 0.25) is 5.02 Å². The summed E-state index contributed by atoms with van der Waals surface area (Å²) < 4.78 is 1.52. The van der Waals surface area contributed by atoms with Gasteiger partial charge >= 0.3 is 0 Å². The third kappa shape index (κ3) is 2.74. The van der Waals surface area contributed by atoms with Crippen molar-refractivity contribution in [1.29, 1.82) is 0 Å². The molecule has 0 bridgehead atoms. The van der Waals surface area contributed by atoms with Crippen molar-refractivity contribution < 1.29 is 4.79 Å². The van der Waals surface area contributed by atoms with Crippen molar-refractivity contribution in [1.82, 2.24) is 15.1 Å². The largest absolute Gasteiger partial charge is 0.389 e. The van der Waals surface area contributed by atoms with E-state index in [1.54, 1.807) is 37.5 Å². The monoisotopic (exact) mass is 294 g/mol. The van der Waals surface area contributed by atoms with Crippen molar-refractivity contribution in [2.75, 3.05) is 7.05 Å². The van der Waals surface area contributed by atoms with Crippen molar-refractivity contribution in [3.8, 4) is 5.69 Å². The Balaban J connectivity index is 2.39. The van der Waals surface area contributed by atoms with E-state index in [4.69, 9.17) is 29.6 Å². The number of nitrogens with zero attached hydrogens (tertiary/aromatic N) is 2. The van der Waals surface area contributed by atoms with E-state index in [0.717, 1.165) is 0 Å². The van der Waals surface area contributed by atoms with Gasteiger partial charge in [0, 0.05) is 18.8 Å². The first-order chi connectivity index (χ1) is 9.02. The van der Waals surface area contributed by atoms with Crippen LogP contribution >= 0.6 is 23.8 Å². The van der Waals surface area contributed by atoms with E-state index in [9.17, 15) is 4.79 Å². The number of amides is 1. The lowest BCUT2D eigenvalue weighted by Gasteiger charge is -2.06. The molecule has 0 unspecified atom stereocenters. The molecule has 1 amide bonds. The maximum Gasteiger partial charge on any atom is 0.271 e. The van der Waals surface area contributed by atoms with E-state index in [1.165, 1.54) is 4.68 Å². The number of rotatable bonds is 3. The third-order valence-corrected chi connectivity index (χ3v) is 3.07. The van der Waals surface area contributed by atoms with Crippen LogP contribution in [-0.4, -0.2) is 27.7 Å². The molecule has 1 aromatic carbocycles. The van der Waals surface area contributed by atoms with Crippen LogP contribution in [-0.2, 0) is 0 Å². The van der Waals surface area contributed by atoms with Crippen LogP contribution in [0.4, 0.5) is 0 Å². The van der Waals surface area contributed by atoms with Crippen LogP contribution in [0.15, 0.2) is 30.5 Å². The summed E-state index contributed by atoms with van der Waals surface area (Å²) in [5.74, 6) is -0.255. The topological polar surface area (TPSA) is 72.9 Å². The Morgan fingerprint density at radius 2 is 2.21 bits per heavy atom. The number of carbonyl (C=O) groups excluding carboxylic acids is 1. The van der Waals surface area contributed by atoms with Crippen molar-refractivity contribution in [3.63, 3.8) is 0 Å². The van der Waals surface area contributed by atoms with Crippen LogP contribution in [0.1, 0.15) is 16.1 Å². The molecule has 0 aliphatic heterocycles. The highest BCUT2D eigenvalue weighted by Crippen LogP contribution is 2.21. The summed E-state index contributed by atoms with van der Waals surface area (Å²) >= 11 is 11.0. The molecule has 98 valence electrons. The van der Waals surface area contributed by atoms with Crippen LogP contribution in [0.3, 0.4) is 0 Å². The molecule has 0 saturated carbocycles. The minimum atomic E-state index is -0.255. The van der Waals surface area contributed by atoms with E-state index in [2.05, 4.69) is 10.4 Å². The van der Waals surface area contributed by atoms with E-state index in [1.807, 2.05) is 0 Å². The minimum Gasteiger partial charge on any atom is -0.389 e. The molecule has 7 heteroatoms. The fraction of sp³-hybridized carbons (Fsp3) is 0.0833. The van der Waals surface area contributed by atoms with Gasteiger partial charge in [-0.05, 0) is 24.3 Å². The molecule has 1 aromatic heterocycles. The molecule has 5 nitrogen and oxygen atoms in total. The summed E-state index contributed by atoms with van der Waals surface area (Å²) in [6, 6.07) is 6.78. The van der Waals surface area contributed by atoms with Gasteiger partial charge in [0.2, 0.25) is 0 Å². The maximum atomic E-state index is 11.4. The first-order valence-corrected chi connectivity index (χ1v) is 6.19. The standard InChI is InChI=1S/C12H11ClN4OS/c1-15-12(18)9-4-5-17(16-9)10-3-2-7(11(14)19)6-8(10)13/h2-6H,1H3,(H2,14,19)(H,15,18). The lowest BCUT2D eigenvalue weighted by molar-refractivity contribution is 0.0957. The predicted molar refractivity (Wildman–Crippen MR) is 77.9 cm³/mol. The van der Waals surface area contributed by atoms with Crippen molar-refractivity contribution in [2.24, 2.45) is 5.73 Å². The number of hydrogen-bond acceptors (Lipinski definition) is 3. The summed E-state index contributed by atoms with van der Waals surface area (Å²) in [6.07, 6.45) is 1.66. The number of aromatic nitrogens is 2. The molecule has 0 spiro atoms. The first kappa shape index (κ1) is 13.5. The van der Waals surface area contributed by atoms with Crippen LogP contribution < -0.4 is 11.1 Å². The van der Waals surface area contributed by atoms with Crippen LogP contribution in [0, 0.1) is 0 Å². The predicted octanol–water partition coefficient (Wildman–Crippen LogP) is 1.52. The molecule has 0 radical (unpaired) electrons. The third-order valence-electron chi connectivity index (χ3n) is 2.53. The highest BCUT2D eigenvalue weighted by atomic mass is 35.5. The molecule has 2 rings (SSSR count). The molecular weight excluding hydrogens is 284 g/mol. The molecule has 0 aliphatic carbocycles. The van der Waals surface area contributed by atoms with E-state index >= 15 is 0 Å². The summed E-state index contributed by atoms with van der Waals surface area (Å²) in [5.41, 5.74) is 7.18. The molecular formula is C12H11ClN4OS. The van der Waals surface area contributed by atoms with Crippen molar-refractivity contribution >= 4 is 34.7 Å². The molecule has 0 saturated heterocycles. The van der Waals surface area contributed by atoms with Gasteiger partial charge in [0.25, 0.3) is 5.91 Å². The second kappa shape index (κ2) is 5.38. The number of nitrogens with one attached hydrogen (secondary N) is 1. The SMILES string of the molecule is CNC(=O)c1ccn(-c2ccc(C(N)=S)cc2Cl)n1. The maximum absolute atomic E-state index is 11.4. The van der Waals surface area contributed by atoms with Crippen LogP contribution in [0.25, 0.3) is 5.69 Å². The van der Waals surface area contributed by atoms with E-state index in [0.29, 0.717) is 22.0 Å². The second-order valence-corrected chi connectivity index (χ2v) is 4.60. The number of halogens is 1. The zero-order valence-corrected chi connectivity index (χ0v) is 11.6. The smallest absolute Gasteiger partial charge is 0.271 e. The zero-order chi connectivity index (χ0) is 14.0. The number of benzene rings is 1. The van der Waals surface area contributed by atoms with Gasteiger partial charge in [-0.15, -0.1) is 0 Å². The Hall–Kier alpha value is -1.92. The molecule has 0 fully saturated rings. The molecule has 2 aromatic rings.